The molecule has 1 N–H and O–H groups in total. The minimum atomic E-state index is -0.335. The summed E-state index contributed by atoms with van der Waals surface area (Å²) >= 11 is 6.01. The van der Waals surface area contributed by atoms with E-state index in [0.717, 1.165) is 5.57 Å². The van der Waals surface area contributed by atoms with Crippen LogP contribution in [0.1, 0.15) is 17.3 Å². The number of anilines is 1. The Kier molecular flexibility index (Phi) is 5.09. The topological polar surface area (TPSA) is 58.1 Å². The number of amides is 1. The Hall–Kier alpha value is -3.05. The largest absolute Gasteiger partial charge is 0.298 e. The van der Waals surface area contributed by atoms with E-state index < -0.39 is 0 Å². The number of halogens is 1. The van der Waals surface area contributed by atoms with Crippen molar-refractivity contribution in [3.8, 4) is 5.69 Å². The fourth-order valence-electron chi connectivity index (χ4n) is 2.63. The van der Waals surface area contributed by atoms with Crippen molar-refractivity contribution in [3.05, 3.63) is 93.9 Å². The number of H-pyrrole nitrogens is 1. The van der Waals surface area contributed by atoms with Gasteiger partial charge >= 0.3 is 0 Å². The van der Waals surface area contributed by atoms with E-state index in [0.29, 0.717) is 16.3 Å². The van der Waals surface area contributed by atoms with Crippen molar-refractivity contribution in [1.29, 1.82) is 0 Å². The number of aromatic amines is 1. The summed E-state index contributed by atoms with van der Waals surface area (Å²) in [4.78, 5) is 27.3. The number of benzene rings is 2. The second kappa shape index (κ2) is 7.45. The van der Waals surface area contributed by atoms with Crippen LogP contribution in [-0.4, -0.2) is 22.2 Å². The summed E-state index contributed by atoms with van der Waals surface area (Å²) in [5.74, 6) is -0.261. The first-order chi connectivity index (χ1) is 12.5. The van der Waals surface area contributed by atoms with Crippen molar-refractivity contribution in [2.75, 3.05) is 11.4 Å². The smallest absolute Gasteiger partial charge is 0.295 e. The molecule has 0 unspecified atom stereocenters. The third kappa shape index (κ3) is 3.63. The maximum absolute atomic E-state index is 12.9. The van der Waals surface area contributed by atoms with Crippen LogP contribution in [0.5, 0.6) is 0 Å². The first-order valence-corrected chi connectivity index (χ1v) is 8.43. The lowest BCUT2D eigenvalue weighted by Crippen LogP contribution is -2.36. The molecule has 3 aromatic rings. The van der Waals surface area contributed by atoms with Crippen LogP contribution in [0.25, 0.3) is 5.69 Å². The lowest BCUT2D eigenvalue weighted by molar-refractivity contribution is 0.0989. The number of hydrogen-bond acceptors (Lipinski definition) is 2. The van der Waals surface area contributed by atoms with Crippen LogP contribution in [0.3, 0.4) is 0 Å². The van der Waals surface area contributed by atoms with Crippen molar-refractivity contribution in [2.45, 2.75) is 6.92 Å². The minimum absolute atomic E-state index is 0.246. The molecule has 1 amide bonds. The van der Waals surface area contributed by atoms with E-state index in [1.165, 1.54) is 15.8 Å². The normalized spacial score (nSPS) is 10.5. The van der Waals surface area contributed by atoms with Crippen molar-refractivity contribution in [3.63, 3.8) is 0 Å². The highest BCUT2D eigenvalue weighted by Crippen LogP contribution is 2.17. The molecule has 1 heterocycles. The molecule has 1 aromatic heterocycles. The zero-order valence-electron chi connectivity index (χ0n) is 14.3. The Morgan fingerprint density at radius 2 is 1.92 bits per heavy atom. The molecule has 132 valence electrons. The molecule has 2 aromatic carbocycles. The predicted molar refractivity (Wildman–Crippen MR) is 104 cm³/mol. The molecule has 0 aliphatic rings. The van der Waals surface area contributed by atoms with Gasteiger partial charge < -0.3 is 0 Å². The number of carbonyl (C=O) groups excluding carboxylic acids is 1. The van der Waals surface area contributed by atoms with Crippen LogP contribution in [0.4, 0.5) is 5.69 Å². The van der Waals surface area contributed by atoms with Crippen LogP contribution < -0.4 is 10.5 Å². The number of hydrogen-bond donors (Lipinski definition) is 1. The Labute approximate surface area is 156 Å². The van der Waals surface area contributed by atoms with Gasteiger partial charge in [0.05, 0.1) is 5.69 Å². The van der Waals surface area contributed by atoms with Gasteiger partial charge in [0.2, 0.25) is 0 Å². The van der Waals surface area contributed by atoms with Gasteiger partial charge in [-0.05, 0) is 37.3 Å². The molecule has 26 heavy (non-hydrogen) atoms. The molecular weight excluding hydrogens is 350 g/mol. The van der Waals surface area contributed by atoms with E-state index in [1.807, 2.05) is 13.0 Å². The molecule has 6 heteroatoms. The average Bonchev–Trinajstić information content (AvgIpc) is 3.01. The summed E-state index contributed by atoms with van der Waals surface area (Å²) in [5.41, 5.74) is 1.78. The molecule has 0 aliphatic heterocycles. The summed E-state index contributed by atoms with van der Waals surface area (Å²) in [6.45, 7) is 5.93. The van der Waals surface area contributed by atoms with Gasteiger partial charge in [-0.1, -0.05) is 48.0 Å². The molecule has 0 bridgehead atoms. The highest BCUT2D eigenvalue weighted by atomic mass is 35.5. The lowest BCUT2D eigenvalue weighted by Gasteiger charge is -2.20. The Bertz CT molecular complexity index is 1010. The van der Waals surface area contributed by atoms with Crippen molar-refractivity contribution >= 4 is 23.2 Å². The van der Waals surface area contributed by atoms with E-state index in [9.17, 15) is 9.59 Å². The van der Waals surface area contributed by atoms with Crippen LogP contribution >= 0.6 is 11.6 Å². The lowest BCUT2D eigenvalue weighted by atomic mass is 10.2. The predicted octanol–water partition coefficient (Wildman–Crippen LogP) is 4.04. The van der Waals surface area contributed by atoms with E-state index in [4.69, 9.17) is 11.6 Å². The first kappa shape index (κ1) is 17.8. The van der Waals surface area contributed by atoms with Crippen molar-refractivity contribution in [2.24, 2.45) is 0 Å². The van der Waals surface area contributed by atoms with Crippen LogP contribution in [0, 0.1) is 0 Å². The molecule has 3 rings (SSSR count). The van der Waals surface area contributed by atoms with Gasteiger partial charge in [-0.25, -0.2) is 4.68 Å². The van der Waals surface area contributed by atoms with E-state index in [2.05, 4.69) is 11.7 Å². The molecule has 0 radical (unpaired) electrons. The highest BCUT2D eigenvalue weighted by molar-refractivity contribution is 6.30. The van der Waals surface area contributed by atoms with Crippen molar-refractivity contribution in [1.82, 2.24) is 9.78 Å². The fourth-order valence-corrected chi connectivity index (χ4v) is 2.82. The Morgan fingerprint density at radius 1 is 1.19 bits per heavy atom. The minimum Gasteiger partial charge on any atom is -0.298 e. The molecule has 0 fully saturated rings. The number of nitrogens with one attached hydrogen (secondary N) is 1. The highest BCUT2D eigenvalue weighted by Gasteiger charge is 2.22. The van der Waals surface area contributed by atoms with Crippen LogP contribution in [0.15, 0.2) is 77.7 Å². The zero-order valence-corrected chi connectivity index (χ0v) is 15.0. The van der Waals surface area contributed by atoms with E-state index in [-0.39, 0.29) is 23.7 Å². The quantitative estimate of drug-likeness (QED) is 0.692. The van der Waals surface area contributed by atoms with Gasteiger partial charge in [0.25, 0.3) is 11.5 Å². The average molecular weight is 368 g/mol. The van der Waals surface area contributed by atoms with Crippen molar-refractivity contribution < 1.29 is 4.79 Å². The summed E-state index contributed by atoms with van der Waals surface area (Å²) < 4.78 is 1.35. The molecule has 0 aliphatic carbocycles. The second-order valence-corrected chi connectivity index (χ2v) is 6.43. The molecular formula is C20H18ClN3O2. The maximum Gasteiger partial charge on any atom is 0.295 e. The van der Waals surface area contributed by atoms with Crippen LogP contribution in [-0.2, 0) is 0 Å². The first-order valence-electron chi connectivity index (χ1n) is 8.05. The van der Waals surface area contributed by atoms with E-state index in [1.54, 1.807) is 48.5 Å². The Morgan fingerprint density at radius 3 is 2.58 bits per heavy atom. The molecule has 0 spiro atoms. The fraction of sp³-hybridized carbons (Fsp3) is 0.100. The summed E-state index contributed by atoms with van der Waals surface area (Å²) in [6.07, 6.45) is 1.52. The molecule has 0 saturated carbocycles. The van der Waals surface area contributed by atoms with Gasteiger partial charge in [-0.3, -0.25) is 19.6 Å². The number of nitrogens with zero attached hydrogens (tertiary/aromatic N) is 2. The zero-order chi connectivity index (χ0) is 18.7. The molecule has 0 atom stereocenters. The third-order valence-corrected chi connectivity index (χ3v) is 4.04. The monoisotopic (exact) mass is 367 g/mol. The van der Waals surface area contributed by atoms with Gasteiger partial charge in [0.1, 0.15) is 5.69 Å². The maximum atomic E-state index is 12.9. The van der Waals surface area contributed by atoms with Gasteiger partial charge in [-0.15, -0.1) is 0 Å². The van der Waals surface area contributed by atoms with Crippen LogP contribution in [0.2, 0.25) is 5.02 Å². The molecule has 5 nitrogen and oxygen atoms in total. The number of rotatable bonds is 5. The van der Waals surface area contributed by atoms with Gasteiger partial charge in [0, 0.05) is 23.3 Å². The second-order valence-electron chi connectivity index (χ2n) is 5.99. The summed E-state index contributed by atoms with van der Waals surface area (Å²) in [6, 6.07) is 15.8. The number of aromatic nitrogens is 2. The third-order valence-electron chi connectivity index (χ3n) is 3.80. The van der Waals surface area contributed by atoms with E-state index >= 15 is 0 Å². The SMILES string of the molecule is C=C(C)CN(C(=O)c1ccccc1)c1c[nH]n(-c2cccc(Cl)c2)c1=O. The summed E-state index contributed by atoms with van der Waals surface area (Å²) in [7, 11) is 0. The molecule has 0 saturated heterocycles. The summed E-state index contributed by atoms with van der Waals surface area (Å²) in [5, 5.41) is 3.42. The number of carbonyl (C=O) groups is 1. The van der Waals surface area contributed by atoms with Gasteiger partial charge in [0.15, 0.2) is 0 Å². The standard InChI is InChI=1S/C20H18ClN3O2/c1-14(2)13-23(19(25)15-7-4-3-5-8-15)18-12-22-24(20(18)26)17-10-6-9-16(21)11-17/h3-12,22H,1,13H2,2H3. The Balaban J connectivity index is 2.04. The van der Waals surface area contributed by atoms with Gasteiger partial charge in [-0.2, -0.15) is 0 Å².